The summed E-state index contributed by atoms with van der Waals surface area (Å²) in [4.78, 5) is 11.7. The van der Waals surface area contributed by atoms with E-state index in [1.165, 1.54) is 5.56 Å². The third kappa shape index (κ3) is 5.03. The number of nitrogens with one attached hydrogen (secondary N) is 2. The molecule has 0 spiro atoms. The van der Waals surface area contributed by atoms with Crippen LogP contribution in [-0.4, -0.2) is 18.5 Å². The highest BCUT2D eigenvalue weighted by atomic mass is 16.1. The van der Waals surface area contributed by atoms with E-state index in [-0.39, 0.29) is 18.5 Å². The summed E-state index contributed by atoms with van der Waals surface area (Å²) in [5.74, 6) is 2.56. The van der Waals surface area contributed by atoms with Crippen LogP contribution in [0.5, 0.6) is 0 Å². The summed E-state index contributed by atoms with van der Waals surface area (Å²) in [6.45, 7) is 4.35. The molecule has 0 aliphatic carbocycles. The van der Waals surface area contributed by atoms with Crippen LogP contribution in [-0.2, 0) is 4.79 Å². The van der Waals surface area contributed by atoms with Gasteiger partial charge in [0.25, 0.3) is 0 Å². The quantitative estimate of drug-likeness (QED) is 0.754. The van der Waals surface area contributed by atoms with Gasteiger partial charge in [0, 0.05) is 18.2 Å². The molecule has 18 heavy (non-hydrogen) atoms. The highest BCUT2D eigenvalue weighted by Gasteiger charge is 2.07. The van der Waals surface area contributed by atoms with Crippen molar-refractivity contribution in [1.82, 2.24) is 5.32 Å². The van der Waals surface area contributed by atoms with E-state index in [1.807, 2.05) is 38.1 Å². The van der Waals surface area contributed by atoms with Crippen molar-refractivity contribution in [3.63, 3.8) is 0 Å². The summed E-state index contributed by atoms with van der Waals surface area (Å²) in [5.41, 5.74) is 1.99. The molecule has 1 unspecified atom stereocenters. The molecule has 1 aromatic carbocycles. The van der Waals surface area contributed by atoms with E-state index in [1.54, 1.807) is 0 Å². The number of terminal acetylenes is 1. The Kier molecular flexibility index (Phi) is 5.96. The smallest absolute Gasteiger partial charge is 0.238 e. The molecule has 0 radical (unpaired) electrons. The number of amides is 1. The van der Waals surface area contributed by atoms with Crippen molar-refractivity contribution in [2.45, 2.75) is 32.7 Å². The molecule has 96 valence electrons. The van der Waals surface area contributed by atoms with Crippen LogP contribution < -0.4 is 10.6 Å². The maximum Gasteiger partial charge on any atom is 0.238 e. The molecule has 0 heterocycles. The lowest BCUT2D eigenvalue weighted by Gasteiger charge is -2.13. The highest BCUT2D eigenvalue weighted by molar-refractivity contribution is 5.92. The van der Waals surface area contributed by atoms with Crippen molar-refractivity contribution in [3.05, 3.63) is 29.8 Å². The summed E-state index contributed by atoms with van der Waals surface area (Å²) >= 11 is 0. The fraction of sp³-hybridized carbons (Fsp3) is 0.400. The first-order valence-electron chi connectivity index (χ1n) is 6.19. The largest absolute Gasteiger partial charge is 0.325 e. The van der Waals surface area contributed by atoms with Gasteiger partial charge in [-0.15, -0.1) is 12.3 Å². The molecule has 2 N–H and O–H groups in total. The van der Waals surface area contributed by atoms with Gasteiger partial charge in [0.1, 0.15) is 0 Å². The van der Waals surface area contributed by atoms with Crippen molar-refractivity contribution < 1.29 is 4.79 Å². The Labute approximate surface area is 109 Å². The van der Waals surface area contributed by atoms with E-state index in [4.69, 9.17) is 6.42 Å². The lowest BCUT2D eigenvalue weighted by molar-refractivity contribution is -0.115. The van der Waals surface area contributed by atoms with Gasteiger partial charge in [-0.05, 0) is 25.5 Å². The van der Waals surface area contributed by atoms with Gasteiger partial charge in [-0.2, -0.15) is 0 Å². The number of hydrogen-bond donors (Lipinski definition) is 2. The zero-order valence-electron chi connectivity index (χ0n) is 11.0. The number of carbonyl (C=O) groups is 1. The van der Waals surface area contributed by atoms with Gasteiger partial charge in [-0.3, -0.25) is 4.79 Å². The van der Waals surface area contributed by atoms with Crippen molar-refractivity contribution in [1.29, 1.82) is 0 Å². The Morgan fingerprint density at radius 2 is 2.06 bits per heavy atom. The molecule has 0 fully saturated rings. The van der Waals surface area contributed by atoms with Crippen LogP contribution in [0.15, 0.2) is 24.3 Å². The first-order valence-corrected chi connectivity index (χ1v) is 6.19. The summed E-state index contributed by atoms with van der Waals surface area (Å²) in [7, 11) is 0. The number of rotatable bonds is 6. The number of carbonyl (C=O) groups excluding carboxylic acids is 1. The zero-order valence-corrected chi connectivity index (χ0v) is 11.0. The molecule has 0 saturated carbocycles. The van der Waals surface area contributed by atoms with Crippen molar-refractivity contribution in [3.8, 4) is 12.3 Å². The highest BCUT2D eigenvalue weighted by Crippen LogP contribution is 2.08. The standard InChI is InChI=1S/C15H20N2O/c1-4-6-13(5-2)16-11-15(18)17-14-9-7-12(3)8-10-14/h1,7-10,13,16H,5-6,11H2,2-3H3,(H,17,18). The monoisotopic (exact) mass is 244 g/mol. The van der Waals surface area contributed by atoms with Gasteiger partial charge in [-0.25, -0.2) is 0 Å². The van der Waals surface area contributed by atoms with Gasteiger partial charge >= 0.3 is 0 Å². The Bertz CT molecular complexity index is 417. The molecule has 3 heteroatoms. The van der Waals surface area contributed by atoms with Gasteiger partial charge < -0.3 is 10.6 Å². The molecule has 0 aliphatic rings. The summed E-state index contributed by atoms with van der Waals surface area (Å²) in [5, 5.41) is 5.98. The van der Waals surface area contributed by atoms with Crippen LogP contribution >= 0.6 is 0 Å². The lowest BCUT2D eigenvalue weighted by Crippen LogP contribution is -2.35. The zero-order chi connectivity index (χ0) is 13.4. The normalized spacial score (nSPS) is 11.6. The molecular weight excluding hydrogens is 224 g/mol. The van der Waals surface area contributed by atoms with Crippen molar-refractivity contribution >= 4 is 11.6 Å². The van der Waals surface area contributed by atoms with Crippen molar-refractivity contribution in [2.24, 2.45) is 0 Å². The minimum absolute atomic E-state index is 0.0469. The maximum atomic E-state index is 11.7. The minimum Gasteiger partial charge on any atom is -0.325 e. The van der Waals surface area contributed by atoms with E-state index < -0.39 is 0 Å². The second kappa shape index (κ2) is 7.52. The average molecular weight is 244 g/mol. The summed E-state index contributed by atoms with van der Waals surface area (Å²) in [6.07, 6.45) is 6.82. The van der Waals surface area contributed by atoms with Crippen LogP contribution in [0.1, 0.15) is 25.3 Å². The van der Waals surface area contributed by atoms with Crippen LogP contribution in [0.2, 0.25) is 0 Å². The van der Waals surface area contributed by atoms with Gasteiger partial charge in [0.15, 0.2) is 0 Å². The maximum absolute atomic E-state index is 11.7. The molecule has 1 aromatic rings. The van der Waals surface area contributed by atoms with Crippen LogP contribution in [0.3, 0.4) is 0 Å². The van der Waals surface area contributed by atoms with E-state index >= 15 is 0 Å². The fourth-order valence-corrected chi connectivity index (χ4v) is 1.58. The number of benzene rings is 1. The molecule has 0 aliphatic heterocycles. The molecule has 0 bridgehead atoms. The molecule has 1 atom stereocenters. The number of anilines is 1. The molecule has 0 aromatic heterocycles. The molecular formula is C15H20N2O. The first-order chi connectivity index (χ1) is 8.65. The first kappa shape index (κ1) is 14.3. The van der Waals surface area contributed by atoms with Crippen LogP contribution in [0.4, 0.5) is 5.69 Å². The topological polar surface area (TPSA) is 41.1 Å². The SMILES string of the molecule is C#CCC(CC)NCC(=O)Nc1ccc(C)cc1. The Morgan fingerprint density at radius 3 is 2.61 bits per heavy atom. The Morgan fingerprint density at radius 1 is 1.39 bits per heavy atom. The van der Waals surface area contributed by atoms with Crippen LogP contribution in [0, 0.1) is 19.3 Å². The fourth-order valence-electron chi connectivity index (χ4n) is 1.58. The summed E-state index contributed by atoms with van der Waals surface area (Å²) in [6, 6.07) is 7.93. The summed E-state index contributed by atoms with van der Waals surface area (Å²) < 4.78 is 0. The van der Waals surface area contributed by atoms with E-state index in [0.717, 1.165) is 12.1 Å². The Balaban J connectivity index is 2.38. The van der Waals surface area contributed by atoms with Crippen molar-refractivity contribution in [2.75, 3.05) is 11.9 Å². The average Bonchev–Trinajstić information content (AvgIpc) is 2.37. The van der Waals surface area contributed by atoms with Gasteiger partial charge in [0.2, 0.25) is 5.91 Å². The van der Waals surface area contributed by atoms with E-state index in [0.29, 0.717) is 6.42 Å². The second-order valence-corrected chi connectivity index (χ2v) is 4.31. The van der Waals surface area contributed by atoms with Gasteiger partial charge in [0.05, 0.1) is 6.54 Å². The third-order valence-corrected chi connectivity index (χ3v) is 2.74. The third-order valence-electron chi connectivity index (χ3n) is 2.74. The lowest BCUT2D eigenvalue weighted by atomic mass is 10.1. The molecule has 1 amide bonds. The second-order valence-electron chi connectivity index (χ2n) is 4.31. The van der Waals surface area contributed by atoms with E-state index in [2.05, 4.69) is 16.6 Å². The predicted molar refractivity (Wildman–Crippen MR) is 75.3 cm³/mol. The van der Waals surface area contributed by atoms with Crippen LogP contribution in [0.25, 0.3) is 0 Å². The van der Waals surface area contributed by atoms with E-state index in [9.17, 15) is 4.79 Å². The number of aryl methyl sites for hydroxylation is 1. The predicted octanol–water partition coefficient (Wildman–Crippen LogP) is 2.33. The molecule has 0 saturated heterocycles. The molecule has 1 rings (SSSR count). The number of hydrogen-bond acceptors (Lipinski definition) is 2. The molecule has 3 nitrogen and oxygen atoms in total. The Hall–Kier alpha value is -1.79. The minimum atomic E-state index is -0.0469. The van der Waals surface area contributed by atoms with Gasteiger partial charge in [-0.1, -0.05) is 24.6 Å².